The molecular weight excluding hydrogens is 378 g/mol. The van der Waals surface area contributed by atoms with Gasteiger partial charge in [0.25, 0.3) is 5.91 Å². The van der Waals surface area contributed by atoms with Crippen molar-refractivity contribution in [2.45, 2.75) is 51.7 Å². The highest BCUT2D eigenvalue weighted by Gasteiger charge is 2.47. The van der Waals surface area contributed by atoms with Crippen LogP contribution in [0.4, 0.5) is 5.69 Å². The van der Waals surface area contributed by atoms with Crippen molar-refractivity contribution in [3.05, 3.63) is 29.3 Å². The Labute approximate surface area is 181 Å². The van der Waals surface area contributed by atoms with E-state index < -0.39 is 0 Å². The molecule has 3 aliphatic rings. The molecule has 0 radical (unpaired) electrons. The lowest BCUT2D eigenvalue weighted by Crippen LogP contribution is -2.59. The predicted octanol–water partition coefficient (Wildman–Crippen LogP) is 2.94. The number of likely N-dealkylation sites (N-methyl/N-ethyl adjacent to an activating group) is 1. The van der Waals surface area contributed by atoms with Crippen LogP contribution in [0.3, 0.4) is 0 Å². The minimum atomic E-state index is 0.0186. The summed E-state index contributed by atoms with van der Waals surface area (Å²) in [7, 11) is 0. The number of hydrogen-bond donors (Lipinski definition) is 0. The fraction of sp³-hybridized carbons (Fsp3) is 0.708. The molecule has 1 atom stereocenters. The molecule has 30 heavy (non-hydrogen) atoms. The third-order valence-corrected chi connectivity index (χ3v) is 7.13. The molecule has 166 valence electrons. The van der Waals surface area contributed by atoms with Crippen LogP contribution < -0.4 is 4.90 Å². The summed E-state index contributed by atoms with van der Waals surface area (Å²) in [6, 6.07) is 6.15. The van der Waals surface area contributed by atoms with Crippen molar-refractivity contribution < 1.29 is 14.3 Å². The van der Waals surface area contributed by atoms with Gasteiger partial charge in [-0.1, -0.05) is 13.8 Å². The van der Waals surface area contributed by atoms with Crippen molar-refractivity contribution in [3.8, 4) is 0 Å². The van der Waals surface area contributed by atoms with Gasteiger partial charge in [-0.3, -0.25) is 4.79 Å². The number of amides is 1. The Kier molecular flexibility index (Phi) is 6.66. The van der Waals surface area contributed by atoms with Crippen LogP contribution in [0.1, 0.15) is 49.0 Å². The molecular formula is C24H37N3O3. The zero-order valence-electron chi connectivity index (χ0n) is 18.9. The van der Waals surface area contributed by atoms with Gasteiger partial charge in [0.1, 0.15) is 0 Å². The Hall–Kier alpha value is -1.63. The van der Waals surface area contributed by atoms with E-state index in [-0.39, 0.29) is 11.5 Å². The monoisotopic (exact) mass is 415 g/mol. The van der Waals surface area contributed by atoms with Crippen LogP contribution in [0.25, 0.3) is 0 Å². The van der Waals surface area contributed by atoms with E-state index in [9.17, 15) is 4.79 Å². The number of carbonyl (C=O) groups is 1. The first-order chi connectivity index (χ1) is 14.5. The number of anilines is 1. The second-order valence-electron chi connectivity index (χ2n) is 9.01. The van der Waals surface area contributed by atoms with Gasteiger partial charge in [0, 0.05) is 50.4 Å². The van der Waals surface area contributed by atoms with Gasteiger partial charge in [0.2, 0.25) is 0 Å². The van der Waals surface area contributed by atoms with Crippen molar-refractivity contribution in [1.82, 2.24) is 9.80 Å². The maximum atomic E-state index is 13.1. The predicted molar refractivity (Wildman–Crippen MR) is 119 cm³/mol. The van der Waals surface area contributed by atoms with Gasteiger partial charge in [0.15, 0.2) is 0 Å². The van der Waals surface area contributed by atoms with E-state index in [4.69, 9.17) is 9.47 Å². The molecule has 0 aromatic heterocycles. The summed E-state index contributed by atoms with van der Waals surface area (Å²) in [5.41, 5.74) is 3.20. The topological polar surface area (TPSA) is 45.2 Å². The number of ether oxygens (including phenoxy) is 2. The normalized spacial score (nSPS) is 23.7. The molecule has 6 heteroatoms. The number of hydrogen-bond acceptors (Lipinski definition) is 5. The highest BCUT2D eigenvalue weighted by Crippen LogP contribution is 2.41. The molecule has 3 aliphatic heterocycles. The van der Waals surface area contributed by atoms with Gasteiger partial charge < -0.3 is 24.2 Å². The number of benzene rings is 1. The molecule has 1 aromatic rings. The van der Waals surface area contributed by atoms with Gasteiger partial charge in [-0.25, -0.2) is 0 Å². The standard InChI is InChI=1S/C24H37N3O3/c1-4-25(5-2)18-21-17-24(30-21)8-10-27(11-9-24)23(28)20-6-7-22(19(3)16-20)26-12-14-29-15-13-26/h6-7,16,21H,4-5,8-15,17-18H2,1-3H3/t21-/m1/s1. The molecule has 0 N–H and O–H groups in total. The second-order valence-corrected chi connectivity index (χ2v) is 9.01. The number of likely N-dealkylation sites (tertiary alicyclic amines) is 1. The zero-order chi connectivity index (χ0) is 21.1. The molecule has 1 amide bonds. The maximum Gasteiger partial charge on any atom is 0.253 e. The fourth-order valence-electron chi connectivity index (χ4n) is 5.20. The molecule has 0 bridgehead atoms. The SMILES string of the molecule is CCN(CC)C[C@H]1CC2(CCN(C(=O)c3ccc(N4CCOCC4)c(C)c3)CC2)O1. The van der Waals surface area contributed by atoms with Crippen molar-refractivity contribution in [2.75, 3.05) is 63.9 Å². The summed E-state index contributed by atoms with van der Waals surface area (Å²) < 4.78 is 11.8. The third kappa shape index (κ3) is 4.51. The number of aryl methyl sites for hydroxylation is 1. The molecule has 0 unspecified atom stereocenters. The first kappa shape index (κ1) is 21.6. The summed E-state index contributed by atoms with van der Waals surface area (Å²) in [5.74, 6) is 0.153. The molecule has 1 aromatic carbocycles. The van der Waals surface area contributed by atoms with Crippen LogP contribution in [0.5, 0.6) is 0 Å². The number of carbonyl (C=O) groups excluding carboxylic acids is 1. The quantitative estimate of drug-likeness (QED) is 0.715. The largest absolute Gasteiger partial charge is 0.378 e. The molecule has 1 spiro atoms. The van der Waals surface area contributed by atoms with Crippen LogP contribution in [0, 0.1) is 6.92 Å². The van der Waals surface area contributed by atoms with E-state index in [0.29, 0.717) is 6.10 Å². The van der Waals surface area contributed by atoms with E-state index in [2.05, 4.69) is 42.7 Å². The van der Waals surface area contributed by atoms with Crippen LogP contribution in [0.2, 0.25) is 0 Å². The summed E-state index contributed by atoms with van der Waals surface area (Å²) >= 11 is 0. The lowest BCUT2D eigenvalue weighted by atomic mass is 9.80. The van der Waals surface area contributed by atoms with Crippen LogP contribution in [-0.4, -0.2) is 86.4 Å². The summed E-state index contributed by atoms with van der Waals surface area (Å²) in [6.07, 6.45) is 3.41. The van der Waals surface area contributed by atoms with Crippen LogP contribution >= 0.6 is 0 Å². The minimum absolute atomic E-state index is 0.0186. The number of rotatable bonds is 6. The molecule has 0 aliphatic carbocycles. The fourth-order valence-corrected chi connectivity index (χ4v) is 5.20. The van der Waals surface area contributed by atoms with E-state index >= 15 is 0 Å². The molecule has 0 saturated carbocycles. The van der Waals surface area contributed by atoms with E-state index in [0.717, 1.165) is 89.4 Å². The minimum Gasteiger partial charge on any atom is -0.378 e. The summed E-state index contributed by atoms with van der Waals surface area (Å²) in [4.78, 5) is 19.9. The number of nitrogens with zero attached hydrogens (tertiary/aromatic N) is 3. The molecule has 4 rings (SSSR count). The number of piperidine rings is 1. The lowest BCUT2D eigenvalue weighted by Gasteiger charge is -2.53. The second kappa shape index (κ2) is 9.25. The van der Waals surface area contributed by atoms with Gasteiger partial charge in [-0.15, -0.1) is 0 Å². The molecule has 6 nitrogen and oxygen atoms in total. The Balaban J connectivity index is 1.30. The van der Waals surface area contributed by atoms with Crippen LogP contribution in [-0.2, 0) is 9.47 Å². The molecule has 3 saturated heterocycles. The van der Waals surface area contributed by atoms with Gasteiger partial charge >= 0.3 is 0 Å². The van der Waals surface area contributed by atoms with Crippen LogP contribution in [0.15, 0.2) is 18.2 Å². The summed E-state index contributed by atoms with van der Waals surface area (Å²) in [6.45, 7) is 14.7. The molecule has 3 heterocycles. The van der Waals surface area contributed by atoms with Gasteiger partial charge in [0.05, 0.1) is 24.9 Å². The Morgan fingerprint density at radius 1 is 1.13 bits per heavy atom. The zero-order valence-corrected chi connectivity index (χ0v) is 18.9. The summed E-state index contributed by atoms with van der Waals surface area (Å²) in [5, 5.41) is 0. The lowest BCUT2D eigenvalue weighted by molar-refractivity contribution is -0.227. The van der Waals surface area contributed by atoms with Crippen molar-refractivity contribution in [2.24, 2.45) is 0 Å². The van der Waals surface area contributed by atoms with Crippen molar-refractivity contribution in [3.63, 3.8) is 0 Å². The van der Waals surface area contributed by atoms with Gasteiger partial charge in [-0.05, 0) is 56.6 Å². The number of morpholine rings is 1. The third-order valence-electron chi connectivity index (χ3n) is 7.13. The van der Waals surface area contributed by atoms with E-state index in [1.54, 1.807) is 0 Å². The first-order valence-corrected chi connectivity index (χ1v) is 11.7. The maximum absolute atomic E-state index is 13.1. The van der Waals surface area contributed by atoms with E-state index in [1.807, 2.05) is 11.0 Å². The average Bonchev–Trinajstić information content (AvgIpc) is 2.76. The van der Waals surface area contributed by atoms with Crippen molar-refractivity contribution in [1.29, 1.82) is 0 Å². The smallest absolute Gasteiger partial charge is 0.253 e. The highest BCUT2D eigenvalue weighted by molar-refractivity contribution is 5.95. The average molecular weight is 416 g/mol. The van der Waals surface area contributed by atoms with Gasteiger partial charge in [-0.2, -0.15) is 0 Å². The Morgan fingerprint density at radius 2 is 1.80 bits per heavy atom. The van der Waals surface area contributed by atoms with E-state index in [1.165, 1.54) is 5.69 Å². The van der Waals surface area contributed by atoms with Crippen molar-refractivity contribution >= 4 is 11.6 Å². The first-order valence-electron chi connectivity index (χ1n) is 11.7. The Morgan fingerprint density at radius 3 is 2.40 bits per heavy atom. The highest BCUT2D eigenvalue weighted by atomic mass is 16.5. The Bertz CT molecular complexity index is 727. The molecule has 3 fully saturated rings.